The molecule has 1 aliphatic heterocycles. The number of aliphatic imine (C=N–C) groups is 1. The van der Waals surface area contributed by atoms with Crippen LogP contribution in [0.25, 0.3) is 5.65 Å². The molecular formula is C20H30N6O. The third-order valence-electron chi connectivity index (χ3n) is 4.77. The van der Waals surface area contributed by atoms with Crippen LogP contribution in [0.2, 0.25) is 0 Å². The highest BCUT2D eigenvalue weighted by molar-refractivity contribution is 5.79. The standard InChI is InChI=1S/C20H30N6O/c1-3-21-20(22-10-6-14-25-12-5-8-18(25)27)23-11-9-17-15-26-13-4-7-16(2)19(26)24-17/h4,7,13,15H,3,5-6,8-12,14H2,1-2H3,(H2,21,22,23). The average molecular weight is 371 g/mol. The molecule has 3 rings (SSSR count). The van der Waals surface area contributed by atoms with Crippen molar-refractivity contribution in [3.63, 3.8) is 0 Å². The van der Waals surface area contributed by atoms with Gasteiger partial charge in [-0.3, -0.25) is 9.79 Å². The van der Waals surface area contributed by atoms with Crippen LogP contribution in [0.5, 0.6) is 0 Å². The molecule has 0 spiro atoms. The fourth-order valence-corrected chi connectivity index (χ4v) is 3.37. The van der Waals surface area contributed by atoms with Crippen molar-refractivity contribution in [1.29, 1.82) is 0 Å². The number of aromatic nitrogens is 2. The SMILES string of the molecule is CCNC(=NCCCN1CCCC1=O)NCCc1cn2cccc(C)c2n1. The normalized spacial score (nSPS) is 15.0. The number of amides is 1. The molecule has 1 amide bonds. The van der Waals surface area contributed by atoms with E-state index in [2.05, 4.69) is 46.1 Å². The number of fused-ring (bicyclic) bond motifs is 1. The lowest BCUT2D eigenvalue weighted by Gasteiger charge is -2.15. The molecule has 0 saturated carbocycles. The van der Waals surface area contributed by atoms with Gasteiger partial charge in [-0.25, -0.2) is 4.98 Å². The number of nitrogens with zero attached hydrogens (tertiary/aromatic N) is 4. The number of likely N-dealkylation sites (tertiary alicyclic amines) is 1. The van der Waals surface area contributed by atoms with Gasteiger partial charge in [-0.1, -0.05) is 6.07 Å². The molecule has 1 saturated heterocycles. The van der Waals surface area contributed by atoms with Crippen LogP contribution in [0.15, 0.2) is 29.5 Å². The topological polar surface area (TPSA) is 74.0 Å². The van der Waals surface area contributed by atoms with Gasteiger partial charge in [0, 0.05) is 58.0 Å². The highest BCUT2D eigenvalue weighted by atomic mass is 16.2. The van der Waals surface area contributed by atoms with E-state index in [0.29, 0.717) is 13.0 Å². The molecular weight excluding hydrogens is 340 g/mol. The summed E-state index contributed by atoms with van der Waals surface area (Å²) < 4.78 is 2.07. The second-order valence-electron chi connectivity index (χ2n) is 6.93. The van der Waals surface area contributed by atoms with Crippen molar-refractivity contribution in [3.05, 3.63) is 35.8 Å². The summed E-state index contributed by atoms with van der Waals surface area (Å²) in [6, 6.07) is 4.12. The molecule has 0 aliphatic carbocycles. The van der Waals surface area contributed by atoms with Gasteiger partial charge in [-0.05, 0) is 38.3 Å². The van der Waals surface area contributed by atoms with E-state index in [1.807, 2.05) is 17.2 Å². The Labute approximate surface area is 160 Å². The van der Waals surface area contributed by atoms with Gasteiger partial charge in [0.2, 0.25) is 5.91 Å². The Morgan fingerprint density at radius 1 is 1.37 bits per heavy atom. The summed E-state index contributed by atoms with van der Waals surface area (Å²) in [5, 5.41) is 6.65. The minimum atomic E-state index is 0.284. The maximum Gasteiger partial charge on any atom is 0.222 e. The summed E-state index contributed by atoms with van der Waals surface area (Å²) in [6.45, 7) is 8.17. The number of carbonyl (C=O) groups excluding carboxylic acids is 1. The number of guanidine groups is 1. The van der Waals surface area contributed by atoms with Gasteiger partial charge in [-0.2, -0.15) is 0 Å². The lowest BCUT2D eigenvalue weighted by atomic mass is 10.3. The maximum atomic E-state index is 11.6. The third kappa shape index (κ3) is 5.21. The minimum Gasteiger partial charge on any atom is -0.357 e. The molecule has 7 heteroatoms. The number of hydrogen-bond donors (Lipinski definition) is 2. The van der Waals surface area contributed by atoms with Crippen molar-refractivity contribution in [1.82, 2.24) is 24.9 Å². The van der Waals surface area contributed by atoms with Gasteiger partial charge in [0.15, 0.2) is 5.96 Å². The number of pyridine rings is 1. The lowest BCUT2D eigenvalue weighted by molar-refractivity contribution is -0.127. The van der Waals surface area contributed by atoms with Crippen LogP contribution in [0, 0.1) is 6.92 Å². The van der Waals surface area contributed by atoms with Crippen LogP contribution in [0.4, 0.5) is 0 Å². The Morgan fingerprint density at radius 2 is 2.26 bits per heavy atom. The van der Waals surface area contributed by atoms with Gasteiger partial charge in [-0.15, -0.1) is 0 Å². The first-order chi connectivity index (χ1) is 13.2. The van der Waals surface area contributed by atoms with E-state index in [4.69, 9.17) is 4.98 Å². The van der Waals surface area contributed by atoms with Crippen molar-refractivity contribution in [3.8, 4) is 0 Å². The van der Waals surface area contributed by atoms with Crippen molar-refractivity contribution < 1.29 is 4.79 Å². The van der Waals surface area contributed by atoms with E-state index in [1.165, 1.54) is 5.56 Å². The number of imidazole rings is 1. The van der Waals surface area contributed by atoms with Crippen LogP contribution in [-0.2, 0) is 11.2 Å². The van der Waals surface area contributed by atoms with E-state index >= 15 is 0 Å². The van der Waals surface area contributed by atoms with Crippen LogP contribution >= 0.6 is 0 Å². The van der Waals surface area contributed by atoms with Gasteiger partial charge in [0.1, 0.15) is 5.65 Å². The van der Waals surface area contributed by atoms with E-state index in [9.17, 15) is 4.79 Å². The monoisotopic (exact) mass is 370 g/mol. The molecule has 2 N–H and O–H groups in total. The van der Waals surface area contributed by atoms with Gasteiger partial charge >= 0.3 is 0 Å². The van der Waals surface area contributed by atoms with Crippen molar-refractivity contribution in [2.75, 3.05) is 32.7 Å². The molecule has 3 heterocycles. The number of hydrogen-bond acceptors (Lipinski definition) is 3. The zero-order valence-corrected chi connectivity index (χ0v) is 16.4. The lowest BCUT2D eigenvalue weighted by Crippen LogP contribution is -2.38. The Bertz CT molecular complexity index is 797. The molecule has 1 fully saturated rings. The summed E-state index contributed by atoms with van der Waals surface area (Å²) >= 11 is 0. The van der Waals surface area contributed by atoms with Crippen LogP contribution in [-0.4, -0.2) is 58.9 Å². The highest BCUT2D eigenvalue weighted by Gasteiger charge is 2.18. The Balaban J connectivity index is 1.45. The van der Waals surface area contributed by atoms with E-state index in [-0.39, 0.29) is 5.91 Å². The molecule has 2 aromatic heterocycles. The van der Waals surface area contributed by atoms with Crippen molar-refractivity contribution in [2.45, 2.75) is 39.5 Å². The number of rotatable bonds is 8. The molecule has 0 atom stereocenters. The zero-order chi connectivity index (χ0) is 19.1. The summed E-state index contributed by atoms with van der Waals surface area (Å²) in [7, 11) is 0. The molecule has 2 aromatic rings. The van der Waals surface area contributed by atoms with Crippen molar-refractivity contribution in [2.24, 2.45) is 4.99 Å². The van der Waals surface area contributed by atoms with Crippen LogP contribution in [0.3, 0.4) is 0 Å². The predicted molar refractivity (Wildman–Crippen MR) is 108 cm³/mol. The minimum absolute atomic E-state index is 0.284. The quantitative estimate of drug-likeness (QED) is 0.422. The second-order valence-corrected chi connectivity index (χ2v) is 6.93. The molecule has 0 unspecified atom stereocenters. The number of carbonyl (C=O) groups is 1. The van der Waals surface area contributed by atoms with Gasteiger partial charge < -0.3 is 19.9 Å². The van der Waals surface area contributed by atoms with E-state index in [0.717, 1.165) is 62.7 Å². The van der Waals surface area contributed by atoms with Gasteiger partial charge in [0.05, 0.1) is 5.69 Å². The summed E-state index contributed by atoms with van der Waals surface area (Å²) in [5.41, 5.74) is 3.27. The second kappa shape index (κ2) is 9.39. The fraction of sp³-hybridized carbons (Fsp3) is 0.550. The highest BCUT2D eigenvalue weighted by Crippen LogP contribution is 2.10. The Morgan fingerprint density at radius 3 is 3.00 bits per heavy atom. The largest absolute Gasteiger partial charge is 0.357 e. The molecule has 146 valence electrons. The Hall–Kier alpha value is -2.57. The number of nitrogens with one attached hydrogen (secondary N) is 2. The van der Waals surface area contributed by atoms with Crippen LogP contribution < -0.4 is 10.6 Å². The molecule has 27 heavy (non-hydrogen) atoms. The summed E-state index contributed by atoms with van der Waals surface area (Å²) in [5.74, 6) is 1.11. The Kier molecular flexibility index (Phi) is 6.68. The molecule has 0 aromatic carbocycles. The van der Waals surface area contributed by atoms with E-state index < -0.39 is 0 Å². The third-order valence-corrected chi connectivity index (χ3v) is 4.77. The fourth-order valence-electron chi connectivity index (χ4n) is 3.37. The van der Waals surface area contributed by atoms with E-state index in [1.54, 1.807) is 0 Å². The molecule has 0 radical (unpaired) electrons. The molecule has 1 aliphatic rings. The smallest absolute Gasteiger partial charge is 0.222 e. The molecule has 0 bridgehead atoms. The summed E-state index contributed by atoms with van der Waals surface area (Å²) in [6.07, 6.45) is 7.55. The first kappa shape index (κ1) is 19.2. The predicted octanol–water partition coefficient (Wildman–Crippen LogP) is 1.75. The first-order valence-electron chi connectivity index (χ1n) is 9.90. The van der Waals surface area contributed by atoms with Gasteiger partial charge in [0.25, 0.3) is 0 Å². The average Bonchev–Trinajstić information content (AvgIpc) is 3.25. The summed E-state index contributed by atoms with van der Waals surface area (Å²) in [4.78, 5) is 22.9. The first-order valence-corrected chi connectivity index (χ1v) is 9.90. The number of aryl methyl sites for hydroxylation is 1. The molecule has 7 nitrogen and oxygen atoms in total. The zero-order valence-electron chi connectivity index (χ0n) is 16.4. The maximum absolute atomic E-state index is 11.6. The van der Waals surface area contributed by atoms with Crippen molar-refractivity contribution >= 4 is 17.5 Å². The van der Waals surface area contributed by atoms with Crippen LogP contribution in [0.1, 0.15) is 37.4 Å².